The van der Waals surface area contributed by atoms with Gasteiger partial charge in [0, 0.05) is 17.2 Å². The molecule has 0 radical (unpaired) electrons. The van der Waals surface area contributed by atoms with Crippen LogP contribution in [0.4, 0.5) is 0 Å². The molecule has 0 bridgehead atoms. The lowest BCUT2D eigenvalue weighted by Gasteiger charge is -2.29. The van der Waals surface area contributed by atoms with Crippen LogP contribution in [-0.4, -0.2) is 19.0 Å². The highest BCUT2D eigenvalue weighted by atomic mass is 16.6. The number of carbonyl (C=O) groups is 2. The largest absolute Gasteiger partial charge is 0.466 e. The average Bonchev–Trinajstić information content (AvgIpc) is 2.94. The highest BCUT2D eigenvalue weighted by molar-refractivity contribution is 6.09. The van der Waals surface area contributed by atoms with Crippen LogP contribution in [0.2, 0.25) is 0 Å². The molecule has 4 nitrogen and oxygen atoms in total. The summed E-state index contributed by atoms with van der Waals surface area (Å²) in [7, 11) is 1.28. The molecule has 23 heavy (non-hydrogen) atoms. The van der Waals surface area contributed by atoms with Crippen LogP contribution in [-0.2, 0) is 24.7 Å². The predicted octanol–water partition coefficient (Wildman–Crippen LogP) is 3.00. The summed E-state index contributed by atoms with van der Waals surface area (Å²) >= 11 is 0. The molecule has 0 fully saturated rings. The van der Waals surface area contributed by atoms with Crippen molar-refractivity contribution in [3.05, 3.63) is 77.4 Å². The number of carbonyl (C=O) groups excluding carboxylic acids is 2. The van der Waals surface area contributed by atoms with E-state index in [2.05, 4.69) is 0 Å². The molecule has 0 aromatic heterocycles. The van der Waals surface area contributed by atoms with E-state index >= 15 is 0 Å². The van der Waals surface area contributed by atoms with Crippen LogP contribution >= 0.6 is 0 Å². The quantitative estimate of drug-likeness (QED) is 0.818. The van der Waals surface area contributed by atoms with Gasteiger partial charge in [0.05, 0.1) is 7.11 Å². The van der Waals surface area contributed by atoms with Gasteiger partial charge in [0.2, 0.25) is 0 Å². The van der Waals surface area contributed by atoms with Crippen LogP contribution in [0.1, 0.15) is 16.7 Å². The summed E-state index contributed by atoms with van der Waals surface area (Å²) in [6.45, 7) is 1.97. The zero-order chi connectivity index (χ0) is 16.4. The van der Waals surface area contributed by atoms with Crippen LogP contribution in [0.5, 0.6) is 0 Å². The molecule has 1 aliphatic rings. The Kier molecular flexibility index (Phi) is 3.74. The van der Waals surface area contributed by atoms with Gasteiger partial charge in [-0.2, -0.15) is 0 Å². The predicted molar refractivity (Wildman–Crippen MR) is 85.4 cm³/mol. The zero-order valence-corrected chi connectivity index (χ0v) is 12.9. The molecule has 1 heterocycles. The summed E-state index contributed by atoms with van der Waals surface area (Å²) in [6.07, 6.45) is 1.36. The zero-order valence-electron chi connectivity index (χ0n) is 12.9. The van der Waals surface area contributed by atoms with Crippen molar-refractivity contribution in [2.75, 3.05) is 7.11 Å². The second-order valence-corrected chi connectivity index (χ2v) is 5.38. The summed E-state index contributed by atoms with van der Waals surface area (Å²) in [6, 6.07) is 16.5. The Morgan fingerprint density at radius 2 is 1.70 bits per heavy atom. The molecular weight excluding hydrogens is 292 g/mol. The van der Waals surface area contributed by atoms with Crippen molar-refractivity contribution in [1.29, 1.82) is 0 Å². The fourth-order valence-corrected chi connectivity index (χ4v) is 2.78. The monoisotopic (exact) mass is 308 g/mol. The Bertz CT molecular complexity index is 775. The molecule has 0 unspecified atom stereocenters. The number of ether oxygens (including phenoxy) is 2. The number of benzene rings is 2. The van der Waals surface area contributed by atoms with Gasteiger partial charge in [-0.25, -0.2) is 9.59 Å². The van der Waals surface area contributed by atoms with Crippen LogP contribution < -0.4 is 0 Å². The molecule has 2 aromatic carbocycles. The number of hydrogen-bond acceptors (Lipinski definition) is 4. The Morgan fingerprint density at radius 1 is 1.04 bits per heavy atom. The molecule has 4 heteroatoms. The van der Waals surface area contributed by atoms with Crippen LogP contribution in [0, 0.1) is 6.92 Å². The third-order valence-electron chi connectivity index (χ3n) is 3.91. The van der Waals surface area contributed by atoms with Gasteiger partial charge in [-0.1, -0.05) is 60.2 Å². The number of cyclic esters (lactones) is 1. The van der Waals surface area contributed by atoms with Crippen molar-refractivity contribution in [3.8, 4) is 0 Å². The number of aryl methyl sites for hydroxylation is 1. The minimum atomic E-state index is -1.57. The fourth-order valence-electron chi connectivity index (χ4n) is 2.78. The normalized spacial score (nSPS) is 19.9. The van der Waals surface area contributed by atoms with Gasteiger partial charge < -0.3 is 9.47 Å². The lowest BCUT2D eigenvalue weighted by Crippen LogP contribution is -2.39. The maximum atomic E-state index is 12.6. The molecular formula is C19H16O4. The molecule has 116 valence electrons. The molecule has 0 saturated carbocycles. The van der Waals surface area contributed by atoms with Gasteiger partial charge in [0.15, 0.2) is 0 Å². The first-order valence-electron chi connectivity index (χ1n) is 7.24. The third kappa shape index (κ3) is 2.42. The molecule has 0 saturated heterocycles. The summed E-state index contributed by atoms with van der Waals surface area (Å²) in [4.78, 5) is 24.6. The highest BCUT2D eigenvalue weighted by Gasteiger charge is 2.53. The fraction of sp³-hybridized carbons (Fsp3) is 0.158. The van der Waals surface area contributed by atoms with E-state index in [4.69, 9.17) is 9.47 Å². The van der Waals surface area contributed by atoms with Crippen molar-refractivity contribution in [2.45, 2.75) is 12.5 Å². The SMILES string of the molecule is COC(=O)[C@@]1(c2ccccc2)OC(=O)C=C1c1ccc(C)cc1. The van der Waals surface area contributed by atoms with Gasteiger partial charge in [-0.05, 0) is 12.5 Å². The van der Waals surface area contributed by atoms with E-state index in [1.807, 2.05) is 37.3 Å². The van der Waals surface area contributed by atoms with Gasteiger partial charge in [0.1, 0.15) is 0 Å². The van der Waals surface area contributed by atoms with Gasteiger partial charge >= 0.3 is 11.9 Å². The average molecular weight is 308 g/mol. The Morgan fingerprint density at radius 3 is 2.30 bits per heavy atom. The van der Waals surface area contributed by atoms with Crippen molar-refractivity contribution >= 4 is 17.5 Å². The summed E-state index contributed by atoms with van der Waals surface area (Å²) in [5.74, 6) is -1.18. The van der Waals surface area contributed by atoms with E-state index in [9.17, 15) is 9.59 Å². The summed E-state index contributed by atoms with van der Waals surface area (Å²) in [5, 5.41) is 0. The molecule has 3 rings (SSSR count). The maximum absolute atomic E-state index is 12.6. The van der Waals surface area contributed by atoms with E-state index in [1.165, 1.54) is 13.2 Å². The Balaban J connectivity index is 2.22. The first-order chi connectivity index (χ1) is 11.1. The van der Waals surface area contributed by atoms with E-state index in [0.29, 0.717) is 11.1 Å². The molecule has 0 amide bonds. The standard InChI is InChI=1S/C19H16O4/c1-13-8-10-14(11-9-13)16-12-17(20)23-19(16,18(21)22-2)15-6-4-3-5-7-15/h3-12H,1-2H3/t19-/m0/s1. The highest BCUT2D eigenvalue weighted by Crippen LogP contribution is 2.44. The van der Waals surface area contributed by atoms with Crippen LogP contribution in [0.3, 0.4) is 0 Å². The first kappa shape index (κ1) is 15.0. The van der Waals surface area contributed by atoms with Crippen molar-refractivity contribution in [1.82, 2.24) is 0 Å². The van der Waals surface area contributed by atoms with E-state index in [-0.39, 0.29) is 0 Å². The topological polar surface area (TPSA) is 52.6 Å². The number of esters is 2. The van der Waals surface area contributed by atoms with Crippen molar-refractivity contribution < 1.29 is 19.1 Å². The summed E-state index contributed by atoms with van der Waals surface area (Å²) < 4.78 is 10.4. The first-order valence-corrected chi connectivity index (χ1v) is 7.24. The second kappa shape index (κ2) is 5.72. The van der Waals surface area contributed by atoms with E-state index < -0.39 is 17.5 Å². The summed E-state index contributed by atoms with van der Waals surface area (Å²) in [5.41, 5.74) is 1.31. The second-order valence-electron chi connectivity index (χ2n) is 5.38. The maximum Gasteiger partial charge on any atom is 0.360 e. The van der Waals surface area contributed by atoms with E-state index in [1.54, 1.807) is 24.3 Å². The van der Waals surface area contributed by atoms with Gasteiger partial charge in [-0.3, -0.25) is 0 Å². The molecule has 0 aliphatic carbocycles. The van der Waals surface area contributed by atoms with Crippen LogP contribution in [0.15, 0.2) is 60.7 Å². The molecule has 2 aromatic rings. The van der Waals surface area contributed by atoms with E-state index in [0.717, 1.165) is 11.1 Å². The van der Waals surface area contributed by atoms with Crippen molar-refractivity contribution in [3.63, 3.8) is 0 Å². The molecule has 1 aliphatic heterocycles. The molecule has 0 spiro atoms. The lowest BCUT2D eigenvalue weighted by molar-refractivity contribution is -0.169. The molecule has 1 atom stereocenters. The lowest BCUT2D eigenvalue weighted by atomic mass is 9.83. The minimum absolute atomic E-state index is 0.487. The molecule has 0 N–H and O–H groups in total. The Hall–Kier alpha value is -2.88. The number of methoxy groups -OCH3 is 1. The van der Waals surface area contributed by atoms with Crippen molar-refractivity contribution in [2.24, 2.45) is 0 Å². The van der Waals surface area contributed by atoms with Crippen LogP contribution in [0.25, 0.3) is 5.57 Å². The smallest absolute Gasteiger partial charge is 0.360 e. The van der Waals surface area contributed by atoms with Gasteiger partial charge in [0.25, 0.3) is 5.60 Å². The number of rotatable bonds is 3. The van der Waals surface area contributed by atoms with Gasteiger partial charge in [-0.15, -0.1) is 0 Å². The number of hydrogen-bond donors (Lipinski definition) is 0. The Labute approximate surface area is 134 Å². The minimum Gasteiger partial charge on any atom is -0.466 e. The third-order valence-corrected chi connectivity index (χ3v) is 3.91.